The summed E-state index contributed by atoms with van der Waals surface area (Å²) in [4.78, 5) is 22.4. The topological polar surface area (TPSA) is 76.4 Å². The van der Waals surface area contributed by atoms with Crippen molar-refractivity contribution in [2.45, 2.75) is 25.8 Å². The van der Waals surface area contributed by atoms with Gasteiger partial charge in [-0.05, 0) is 31.0 Å². The molecule has 0 unspecified atom stereocenters. The van der Waals surface area contributed by atoms with E-state index in [1.807, 2.05) is 22.8 Å². The zero-order valence-electron chi connectivity index (χ0n) is 16.6. The van der Waals surface area contributed by atoms with E-state index in [0.29, 0.717) is 22.5 Å². The SMILES string of the molecule is O=C(c1nnc2n1CCC2)N(CCCN1CCOCC1)c1nc2ccc(Cl)cc2s1. The molecular formula is C20H23ClN6O2S. The Morgan fingerprint density at radius 2 is 2.10 bits per heavy atom. The van der Waals surface area contributed by atoms with E-state index in [2.05, 4.69) is 15.1 Å². The summed E-state index contributed by atoms with van der Waals surface area (Å²) in [5.74, 6) is 1.16. The third kappa shape index (κ3) is 3.94. The molecule has 10 heteroatoms. The van der Waals surface area contributed by atoms with Gasteiger partial charge in [0.25, 0.3) is 5.91 Å². The van der Waals surface area contributed by atoms with Crippen LogP contribution >= 0.6 is 22.9 Å². The zero-order valence-corrected chi connectivity index (χ0v) is 18.2. The second-order valence-electron chi connectivity index (χ2n) is 7.57. The Kier molecular flexibility index (Phi) is 5.68. The molecule has 30 heavy (non-hydrogen) atoms. The number of nitrogens with zero attached hydrogens (tertiary/aromatic N) is 6. The summed E-state index contributed by atoms with van der Waals surface area (Å²) in [6.45, 7) is 5.70. The van der Waals surface area contributed by atoms with Gasteiger partial charge in [0.2, 0.25) is 5.82 Å². The van der Waals surface area contributed by atoms with Crippen LogP contribution in [-0.2, 0) is 17.7 Å². The van der Waals surface area contributed by atoms with E-state index in [-0.39, 0.29) is 5.91 Å². The number of aryl methyl sites for hydroxylation is 1. The average Bonchev–Trinajstić information content (AvgIpc) is 3.46. The molecule has 1 saturated heterocycles. The highest BCUT2D eigenvalue weighted by Gasteiger charge is 2.29. The number of amides is 1. The molecule has 8 nitrogen and oxygen atoms in total. The largest absolute Gasteiger partial charge is 0.379 e. The van der Waals surface area contributed by atoms with Crippen molar-refractivity contribution in [3.05, 3.63) is 34.9 Å². The van der Waals surface area contributed by atoms with Crippen LogP contribution in [-0.4, -0.2) is 69.9 Å². The molecule has 2 aliphatic heterocycles. The molecule has 1 aromatic carbocycles. The van der Waals surface area contributed by atoms with Gasteiger partial charge in [-0.2, -0.15) is 0 Å². The maximum Gasteiger partial charge on any atom is 0.298 e. The molecular weight excluding hydrogens is 424 g/mol. The minimum absolute atomic E-state index is 0.136. The molecule has 0 N–H and O–H groups in total. The fourth-order valence-electron chi connectivity index (χ4n) is 3.99. The highest BCUT2D eigenvalue weighted by atomic mass is 35.5. The number of aromatic nitrogens is 4. The van der Waals surface area contributed by atoms with Crippen molar-refractivity contribution in [3.63, 3.8) is 0 Å². The lowest BCUT2D eigenvalue weighted by Gasteiger charge is -2.27. The molecule has 1 fully saturated rings. The summed E-state index contributed by atoms with van der Waals surface area (Å²) in [5, 5.41) is 9.75. The van der Waals surface area contributed by atoms with E-state index in [0.717, 1.165) is 74.7 Å². The second-order valence-corrected chi connectivity index (χ2v) is 9.01. The van der Waals surface area contributed by atoms with Gasteiger partial charge >= 0.3 is 0 Å². The molecule has 0 bridgehead atoms. The molecule has 0 radical (unpaired) electrons. The van der Waals surface area contributed by atoms with Gasteiger partial charge in [-0.15, -0.1) is 10.2 Å². The third-order valence-corrected chi connectivity index (χ3v) is 6.85. The van der Waals surface area contributed by atoms with Crippen LogP contribution < -0.4 is 4.90 Å². The Bertz CT molecular complexity index is 1060. The Morgan fingerprint density at radius 1 is 1.23 bits per heavy atom. The maximum absolute atomic E-state index is 13.5. The number of carbonyl (C=O) groups excluding carboxylic acids is 1. The van der Waals surface area contributed by atoms with Crippen molar-refractivity contribution in [2.24, 2.45) is 0 Å². The average molecular weight is 447 g/mol. The van der Waals surface area contributed by atoms with Crippen LogP contribution in [0.15, 0.2) is 18.2 Å². The fraction of sp³-hybridized carbons (Fsp3) is 0.500. The van der Waals surface area contributed by atoms with Crippen LogP contribution in [0.5, 0.6) is 0 Å². The smallest absolute Gasteiger partial charge is 0.298 e. The molecule has 158 valence electrons. The molecule has 2 aliphatic rings. The lowest BCUT2D eigenvalue weighted by Crippen LogP contribution is -2.39. The lowest BCUT2D eigenvalue weighted by atomic mass is 10.3. The first-order valence-corrected chi connectivity index (χ1v) is 11.5. The number of fused-ring (bicyclic) bond motifs is 2. The number of carbonyl (C=O) groups is 1. The van der Waals surface area contributed by atoms with Crippen molar-refractivity contribution in [1.82, 2.24) is 24.6 Å². The fourth-order valence-corrected chi connectivity index (χ4v) is 5.26. The predicted octanol–water partition coefficient (Wildman–Crippen LogP) is 2.86. The number of benzene rings is 1. The zero-order chi connectivity index (χ0) is 20.5. The van der Waals surface area contributed by atoms with Crippen LogP contribution in [0.2, 0.25) is 5.02 Å². The standard InChI is InChI=1S/C20H23ClN6O2S/c21-14-4-5-15-16(13-14)30-20(22-15)27(8-2-6-25-9-11-29-12-10-25)19(28)18-24-23-17-3-1-7-26(17)18/h4-5,13H,1-3,6-12H2. The summed E-state index contributed by atoms with van der Waals surface area (Å²) in [6, 6.07) is 5.61. The Morgan fingerprint density at radius 3 is 2.97 bits per heavy atom. The highest BCUT2D eigenvalue weighted by Crippen LogP contribution is 2.32. The van der Waals surface area contributed by atoms with Gasteiger partial charge in [0.15, 0.2) is 5.13 Å². The van der Waals surface area contributed by atoms with Gasteiger partial charge in [0.05, 0.1) is 23.4 Å². The Balaban J connectivity index is 1.40. The number of thiazole rings is 1. The van der Waals surface area contributed by atoms with E-state index in [9.17, 15) is 4.79 Å². The predicted molar refractivity (Wildman–Crippen MR) is 117 cm³/mol. The first-order chi connectivity index (χ1) is 14.7. The van der Waals surface area contributed by atoms with E-state index in [1.54, 1.807) is 4.90 Å². The number of rotatable bonds is 6. The van der Waals surface area contributed by atoms with Crippen LogP contribution in [0, 0.1) is 0 Å². The Hall–Kier alpha value is -2.07. The van der Waals surface area contributed by atoms with Crippen molar-refractivity contribution < 1.29 is 9.53 Å². The van der Waals surface area contributed by atoms with Crippen molar-refractivity contribution in [1.29, 1.82) is 0 Å². The summed E-state index contributed by atoms with van der Waals surface area (Å²) < 4.78 is 8.34. The number of anilines is 1. The first kappa shape index (κ1) is 19.9. The van der Waals surface area contributed by atoms with Crippen LogP contribution in [0.1, 0.15) is 29.3 Å². The number of morpholine rings is 1. The normalized spacial score (nSPS) is 16.8. The van der Waals surface area contributed by atoms with Gasteiger partial charge in [0.1, 0.15) is 5.82 Å². The molecule has 0 saturated carbocycles. The lowest BCUT2D eigenvalue weighted by molar-refractivity contribution is 0.0376. The molecule has 0 aliphatic carbocycles. The van der Waals surface area contributed by atoms with Gasteiger partial charge in [0, 0.05) is 44.2 Å². The van der Waals surface area contributed by atoms with Crippen LogP contribution in [0.4, 0.5) is 5.13 Å². The number of ether oxygens (including phenoxy) is 1. The van der Waals surface area contributed by atoms with Crippen molar-refractivity contribution in [3.8, 4) is 0 Å². The van der Waals surface area contributed by atoms with Crippen molar-refractivity contribution >= 4 is 44.2 Å². The summed E-state index contributed by atoms with van der Waals surface area (Å²) in [6.07, 6.45) is 2.72. The molecule has 0 spiro atoms. The van der Waals surface area contributed by atoms with Gasteiger partial charge < -0.3 is 9.30 Å². The minimum atomic E-state index is -0.136. The Labute approximate surface area is 183 Å². The summed E-state index contributed by atoms with van der Waals surface area (Å²) in [7, 11) is 0. The number of halogens is 1. The number of hydrogen-bond acceptors (Lipinski definition) is 7. The maximum atomic E-state index is 13.5. The van der Waals surface area contributed by atoms with Crippen LogP contribution in [0.3, 0.4) is 0 Å². The first-order valence-electron chi connectivity index (χ1n) is 10.3. The highest BCUT2D eigenvalue weighted by molar-refractivity contribution is 7.22. The van der Waals surface area contributed by atoms with Crippen LogP contribution in [0.25, 0.3) is 10.2 Å². The molecule has 3 aromatic rings. The molecule has 0 atom stereocenters. The molecule has 2 aromatic heterocycles. The van der Waals surface area contributed by atoms with Gasteiger partial charge in [-0.3, -0.25) is 14.6 Å². The monoisotopic (exact) mass is 446 g/mol. The van der Waals surface area contributed by atoms with E-state index < -0.39 is 0 Å². The molecule has 4 heterocycles. The second kappa shape index (κ2) is 8.58. The van der Waals surface area contributed by atoms with Gasteiger partial charge in [-0.25, -0.2) is 4.98 Å². The van der Waals surface area contributed by atoms with E-state index in [4.69, 9.17) is 21.3 Å². The number of hydrogen-bond donors (Lipinski definition) is 0. The third-order valence-electron chi connectivity index (χ3n) is 5.58. The molecule has 5 rings (SSSR count). The summed E-state index contributed by atoms with van der Waals surface area (Å²) in [5.41, 5.74) is 0.844. The quantitative estimate of drug-likeness (QED) is 0.579. The van der Waals surface area contributed by atoms with Crippen molar-refractivity contribution in [2.75, 3.05) is 44.3 Å². The molecule has 1 amide bonds. The summed E-state index contributed by atoms with van der Waals surface area (Å²) >= 11 is 7.63. The minimum Gasteiger partial charge on any atom is -0.379 e. The van der Waals surface area contributed by atoms with E-state index in [1.165, 1.54) is 11.3 Å². The van der Waals surface area contributed by atoms with Gasteiger partial charge in [-0.1, -0.05) is 22.9 Å². The van der Waals surface area contributed by atoms with E-state index >= 15 is 0 Å².